The van der Waals surface area contributed by atoms with E-state index in [4.69, 9.17) is 17.3 Å². The Morgan fingerprint density at radius 2 is 1.92 bits per heavy atom. The van der Waals surface area contributed by atoms with E-state index in [0.717, 1.165) is 18.4 Å². The molecule has 134 valence electrons. The van der Waals surface area contributed by atoms with Crippen molar-refractivity contribution in [3.05, 3.63) is 34.9 Å². The van der Waals surface area contributed by atoms with Crippen molar-refractivity contribution >= 4 is 35.8 Å². The minimum absolute atomic E-state index is 0. The summed E-state index contributed by atoms with van der Waals surface area (Å²) in [5.41, 5.74) is 6.24. The molecule has 1 unspecified atom stereocenters. The molecule has 1 fully saturated rings. The Labute approximate surface area is 154 Å². The molecule has 0 radical (unpaired) electrons. The van der Waals surface area contributed by atoms with E-state index >= 15 is 0 Å². The van der Waals surface area contributed by atoms with Gasteiger partial charge in [-0.3, -0.25) is 9.59 Å². The van der Waals surface area contributed by atoms with Crippen molar-refractivity contribution in [1.29, 1.82) is 0 Å². The molecule has 0 aromatic heterocycles. The number of rotatable bonds is 6. The lowest BCUT2D eigenvalue weighted by Crippen LogP contribution is -2.42. The van der Waals surface area contributed by atoms with Gasteiger partial charge in [0.05, 0.1) is 19.1 Å². The highest BCUT2D eigenvalue weighted by atomic mass is 35.5. The third-order valence-electron chi connectivity index (χ3n) is 4.28. The second-order valence-corrected chi connectivity index (χ2v) is 6.42. The number of benzene rings is 1. The quantitative estimate of drug-likeness (QED) is 0.716. The number of amides is 2. The summed E-state index contributed by atoms with van der Waals surface area (Å²) in [6, 6.07) is 7.54. The highest BCUT2D eigenvalue weighted by molar-refractivity contribution is 6.30. The number of nitrogens with two attached hydrogens (primary N) is 1. The van der Waals surface area contributed by atoms with Crippen LogP contribution >= 0.6 is 24.0 Å². The lowest BCUT2D eigenvalue weighted by molar-refractivity contribution is -0.126. The molecule has 24 heavy (non-hydrogen) atoms. The van der Waals surface area contributed by atoms with E-state index in [1.807, 2.05) is 24.3 Å². The second kappa shape index (κ2) is 10.5. The van der Waals surface area contributed by atoms with Crippen LogP contribution in [-0.4, -0.2) is 24.9 Å². The normalized spacial score (nSPS) is 15.9. The molecule has 7 heteroatoms. The Kier molecular flexibility index (Phi) is 9.11. The van der Waals surface area contributed by atoms with Crippen LogP contribution in [0.5, 0.6) is 0 Å². The maximum atomic E-state index is 12.2. The van der Waals surface area contributed by atoms with E-state index in [0.29, 0.717) is 10.9 Å². The molecule has 2 amide bonds. The predicted molar refractivity (Wildman–Crippen MR) is 98.2 cm³/mol. The Morgan fingerprint density at radius 3 is 2.54 bits per heavy atom. The Hall–Kier alpha value is -1.30. The SMILES string of the molecule is Cl.NCC(=O)NCC(=O)NC(c1cccc(Cl)c1)C1CCCCC1. The Morgan fingerprint density at radius 1 is 1.21 bits per heavy atom. The van der Waals surface area contributed by atoms with E-state index in [9.17, 15) is 9.59 Å². The fourth-order valence-electron chi connectivity index (χ4n) is 3.12. The number of hydrogen-bond donors (Lipinski definition) is 3. The average molecular weight is 374 g/mol. The summed E-state index contributed by atoms with van der Waals surface area (Å²) in [6.07, 6.45) is 5.79. The van der Waals surface area contributed by atoms with Crippen LogP contribution in [0.3, 0.4) is 0 Å². The van der Waals surface area contributed by atoms with Gasteiger partial charge >= 0.3 is 0 Å². The molecule has 5 nitrogen and oxygen atoms in total. The van der Waals surface area contributed by atoms with Gasteiger partial charge in [0, 0.05) is 5.02 Å². The summed E-state index contributed by atoms with van der Waals surface area (Å²) < 4.78 is 0. The van der Waals surface area contributed by atoms with Gasteiger partial charge < -0.3 is 16.4 Å². The second-order valence-electron chi connectivity index (χ2n) is 5.98. The summed E-state index contributed by atoms with van der Waals surface area (Å²) in [4.78, 5) is 23.4. The van der Waals surface area contributed by atoms with Crippen LogP contribution in [-0.2, 0) is 9.59 Å². The summed E-state index contributed by atoms with van der Waals surface area (Å²) in [5, 5.41) is 6.22. The van der Waals surface area contributed by atoms with Gasteiger partial charge in [-0.15, -0.1) is 12.4 Å². The first kappa shape index (κ1) is 20.7. The molecular weight excluding hydrogens is 349 g/mol. The molecule has 1 aromatic rings. The fourth-order valence-corrected chi connectivity index (χ4v) is 3.32. The number of halogens is 2. The largest absolute Gasteiger partial charge is 0.347 e. The summed E-state index contributed by atoms with van der Waals surface area (Å²) in [5.74, 6) is -0.143. The first-order chi connectivity index (χ1) is 11.1. The first-order valence-corrected chi connectivity index (χ1v) is 8.49. The van der Waals surface area contributed by atoms with Crippen molar-refractivity contribution in [1.82, 2.24) is 10.6 Å². The standard InChI is InChI=1S/C17H24ClN3O2.ClH/c18-14-8-4-7-13(9-14)17(12-5-2-1-3-6-12)21-16(23)11-20-15(22)10-19;/h4,7-9,12,17H,1-3,5-6,10-11,19H2,(H,20,22)(H,21,23);1H. The summed E-state index contributed by atoms with van der Waals surface area (Å²) in [6.45, 7) is -0.173. The highest BCUT2D eigenvalue weighted by Crippen LogP contribution is 2.35. The van der Waals surface area contributed by atoms with E-state index in [1.54, 1.807) is 0 Å². The van der Waals surface area contributed by atoms with E-state index < -0.39 is 0 Å². The topological polar surface area (TPSA) is 84.2 Å². The van der Waals surface area contributed by atoms with Crippen LogP contribution in [0.4, 0.5) is 0 Å². The minimum Gasteiger partial charge on any atom is -0.347 e. The molecule has 2 rings (SSSR count). The average Bonchev–Trinajstić information content (AvgIpc) is 2.58. The lowest BCUT2D eigenvalue weighted by Gasteiger charge is -2.31. The summed E-state index contributed by atoms with van der Waals surface area (Å²) in [7, 11) is 0. The van der Waals surface area contributed by atoms with Crippen molar-refractivity contribution in [2.45, 2.75) is 38.1 Å². The van der Waals surface area contributed by atoms with Gasteiger partial charge in [-0.1, -0.05) is 43.0 Å². The van der Waals surface area contributed by atoms with Gasteiger partial charge in [-0.25, -0.2) is 0 Å². The zero-order chi connectivity index (χ0) is 16.7. The number of hydrogen-bond acceptors (Lipinski definition) is 3. The molecule has 1 saturated carbocycles. The van der Waals surface area contributed by atoms with Gasteiger partial charge in [-0.05, 0) is 36.5 Å². The van der Waals surface area contributed by atoms with Crippen LogP contribution in [0.1, 0.15) is 43.7 Å². The maximum absolute atomic E-state index is 12.2. The molecule has 0 saturated heterocycles. The zero-order valence-electron chi connectivity index (χ0n) is 13.6. The van der Waals surface area contributed by atoms with Gasteiger partial charge in [-0.2, -0.15) is 0 Å². The minimum atomic E-state index is -0.336. The van der Waals surface area contributed by atoms with Crippen LogP contribution < -0.4 is 16.4 Å². The van der Waals surface area contributed by atoms with Crippen LogP contribution in [0, 0.1) is 5.92 Å². The Bertz CT molecular complexity index is 548. The highest BCUT2D eigenvalue weighted by Gasteiger charge is 2.26. The number of carbonyl (C=O) groups is 2. The van der Waals surface area contributed by atoms with Gasteiger partial charge in [0.15, 0.2) is 0 Å². The molecule has 0 spiro atoms. The summed E-state index contributed by atoms with van der Waals surface area (Å²) >= 11 is 6.10. The van der Waals surface area contributed by atoms with Crippen molar-refractivity contribution in [2.24, 2.45) is 11.7 Å². The van der Waals surface area contributed by atoms with E-state index in [-0.39, 0.29) is 43.4 Å². The molecule has 0 aliphatic heterocycles. The van der Waals surface area contributed by atoms with Gasteiger partial charge in [0.25, 0.3) is 0 Å². The molecule has 0 bridgehead atoms. The third-order valence-corrected chi connectivity index (χ3v) is 4.51. The van der Waals surface area contributed by atoms with Crippen LogP contribution in [0.25, 0.3) is 0 Å². The van der Waals surface area contributed by atoms with Gasteiger partial charge in [0.2, 0.25) is 11.8 Å². The molecule has 1 atom stereocenters. The third kappa shape index (κ3) is 6.30. The molecule has 0 heterocycles. The lowest BCUT2D eigenvalue weighted by atomic mass is 9.81. The van der Waals surface area contributed by atoms with Gasteiger partial charge in [0.1, 0.15) is 0 Å². The number of nitrogens with one attached hydrogen (secondary N) is 2. The van der Waals surface area contributed by atoms with Crippen molar-refractivity contribution in [3.63, 3.8) is 0 Å². The number of carbonyl (C=O) groups excluding carboxylic acids is 2. The van der Waals surface area contributed by atoms with Crippen molar-refractivity contribution < 1.29 is 9.59 Å². The van der Waals surface area contributed by atoms with Crippen molar-refractivity contribution in [3.8, 4) is 0 Å². The first-order valence-electron chi connectivity index (χ1n) is 8.11. The molecule has 4 N–H and O–H groups in total. The van der Waals surface area contributed by atoms with Crippen molar-refractivity contribution in [2.75, 3.05) is 13.1 Å². The fraction of sp³-hybridized carbons (Fsp3) is 0.529. The van der Waals surface area contributed by atoms with Crippen LogP contribution in [0.2, 0.25) is 5.02 Å². The molecule has 1 aromatic carbocycles. The predicted octanol–water partition coefficient (Wildman–Crippen LogP) is 2.57. The molecule has 1 aliphatic rings. The van der Waals surface area contributed by atoms with Crippen LogP contribution in [0.15, 0.2) is 24.3 Å². The molecular formula is C17H25Cl2N3O2. The smallest absolute Gasteiger partial charge is 0.239 e. The zero-order valence-corrected chi connectivity index (χ0v) is 15.2. The molecule has 1 aliphatic carbocycles. The monoisotopic (exact) mass is 373 g/mol. The van der Waals surface area contributed by atoms with E-state index in [2.05, 4.69) is 10.6 Å². The Balaban J connectivity index is 0.00000288. The maximum Gasteiger partial charge on any atom is 0.239 e. The van der Waals surface area contributed by atoms with E-state index in [1.165, 1.54) is 19.3 Å².